The quantitative estimate of drug-likeness (QED) is 0.519. The molecule has 0 unspecified atom stereocenters. The van der Waals surface area contributed by atoms with Gasteiger partial charge in [0.2, 0.25) is 5.91 Å². The van der Waals surface area contributed by atoms with Crippen LogP contribution in [-0.4, -0.2) is 5.91 Å². The Morgan fingerprint density at radius 3 is 2.12 bits per heavy atom. The monoisotopic (exact) mass is 112 g/mol. The predicted octanol–water partition coefficient (Wildman–Crippen LogP) is 0.0215. The van der Waals surface area contributed by atoms with Crippen molar-refractivity contribution in [3.63, 3.8) is 0 Å². The van der Waals surface area contributed by atoms with Crippen molar-refractivity contribution in [3.05, 3.63) is 0 Å². The molecule has 0 aromatic heterocycles. The smallest absolute Gasteiger partial charge is 0.237 e. The fraction of sp³-hybridized carbons (Fsp3) is 0.600. The normalized spacial score (nSPS) is 10.1. The third-order valence-corrected chi connectivity index (χ3v) is 0.896. The van der Waals surface area contributed by atoms with Gasteiger partial charge >= 0.3 is 0 Å². The van der Waals surface area contributed by atoms with E-state index in [0.717, 1.165) is 0 Å². The summed E-state index contributed by atoms with van der Waals surface area (Å²) in [6.45, 7) is 2.96. The van der Waals surface area contributed by atoms with Crippen LogP contribution in [0.5, 0.6) is 0 Å². The summed E-state index contributed by atoms with van der Waals surface area (Å²) in [4.78, 5) is 10.3. The zero-order valence-corrected chi connectivity index (χ0v) is 4.93. The minimum atomic E-state index is -1.01. The van der Waals surface area contributed by atoms with Crippen molar-refractivity contribution < 1.29 is 4.79 Å². The minimum absolute atomic E-state index is 0.583. The highest BCUT2D eigenvalue weighted by atomic mass is 16.1. The van der Waals surface area contributed by atoms with Gasteiger partial charge in [0.05, 0.1) is 6.07 Å². The maximum Gasteiger partial charge on any atom is 0.237 e. The molecule has 3 nitrogen and oxygen atoms in total. The van der Waals surface area contributed by atoms with Crippen LogP contribution in [0.4, 0.5) is 0 Å². The van der Waals surface area contributed by atoms with Crippen LogP contribution in [-0.2, 0) is 4.79 Å². The Morgan fingerprint density at radius 1 is 1.75 bits per heavy atom. The minimum Gasteiger partial charge on any atom is -0.368 e. The second kappa shape index (κ2) is 1.83. The number of rotatable bonds is 1. The standard InChI is InChI=1S/C5H8N2O/c1-5(2,3-6)4(7)8/h1-2H3,(H2,7,8). The van der Waals surface area contributed by atoms with E-state index in [0.29, 0.717) is 0 Å². The molecular formula is C5H8N2O. The Bertz CT molecular complexity index is 143. The van der Waals surface area contributed by atoms with Crippen LogP contribution < -0.4 is 5.73 Å². The Morgan fingerprint density at radius 2 is 2.12 bits per heavy atom. The van der Waals surface area contributed by atoms with Crippen LogP contribution in [0.25, 0.3) is 0 Å². The molecular weight excluding hydrogens is 104 g/mol. The van der Waals surface area contributed by atoms with E-state index in [1.54, 1.807) is 6.07 Å². The summed E-state index contributed by atoms with van der Waals surface area (Å²) in [6.07, 6.45) is 0. The predicted molar refractivity (Wildman–Crippen MR) is 28.6 cm³/mol. The summed E-state index contributed by atoms with van der Waals surface area (Å²) in [5, 5.41) is 8.21. The third kappa shape index (κ3) is 1.23. The van der Waals surface area contributed by atoms with Gasteiger partial charge in [-0.2, -0.15) is 5.26 Å². The lowest BCUT2D eigenvalue weighted by Gasteiger charge is -2.06. The summed E-state index contributed by atoms with van der Waals surface area (Å²) < 4.78 is 0. The molecule has 0 aromatic carbocycles. The average Bonchev–Trinajstić information content (AvgIpc) is 1.67. The summed E-state index contributed by atoms with van der Waals surface area (Å²) in [5.74, 6) is -0.583. The molecule has 0 atom stereocenters. The Balaban J connectivity index is 4.19. The Labute approximate surface area is 48.1 Å². The van der Waals surface area contributed by atoms with Gasteiger partial charge in [0.15, 0.2) is 0 Å². The number of nitrogens with zero attached hydrogens (tertiary/aromatic N) is 1. The molecule has 0 aliphatic heterocycles. The van der Waals surface area contributed by atoms with E-state index in [1.807, 2.05) is 0 Å². The van der Waals surface area contributed by atoms with Crippen LogP contribution in [0.3, 0.4) is 0 Å². The largest absolute Gasteiger partial charge is 0.368 e. The molecule has 0 fully saturated rings. The second-order valence-electron chi connectivity index (χ2n) is 2.10. The molecule has 8 heavy (non-hydrogen) atoms. The molecule has 0 saturated carbocycles. The molecule has 0 heterocycles. The molecule has 0 spiro atoms. The molecule has 2 N–H and O–H groups in total. The molecule has 0 aliphatic carbocycles. The van der Waals surface area contributed by atoms with Gasteiger partial charge in [-0.1, -0.05) is 0 Å². The van der Waals surface area contributed by atoms with Crippen molar-refractivity contribution in [2.45, 2.75) is 13.8 Å². The number of amides is 1. The van der Waals surface area contributed by atoms with E-state index in [4.69, 9.17) is 11.0 Å². The van der Waals surface area contributed by atoms with E-state index in [1.165, 1.54) is 13.8 Å². The summed E-state index contributed by atoms with van der Waals surface area (Å²) in [6, 6.07) is 1.77. The van der Waals surface area contributed by atoms with Crippen molar-refractivity contribution in [2.24, 2.45) is 11.1 Å². The van der Waals surface area contributed by atoms with Gasteiger partial charge < -0.3 is 5.73 Å². The van der Waals surface area contributed by atoms with Crippen LogP contribution in [0.2, 0.25) is 0 Å². The van der Waals surface area contributed by atoms with Gasteiger partial charge in [-0.25, -0.2) is 0 Å². The molecule has 0 radical (unpaired) electrons. The van der Waals surface area contributed by atoms with Crippen molar-refractivity contribution in [3.8, 4) is 6.07 Å². The Kier molecular flexibility index (Phi) is 1.59. The first kappa shape index (κ1) is 6.96. The number of nitrogens with two attached hydrogens (primary N) is 1. The number of primary amides is 1. The van der Waals surface area contributed by atoms with E-state index in [-0.39, 0.29) is 0 Å². The lowest BCUT2D eigenvalue weighted by molar-refractivity contribution is -0.123. The molecule has 44 valence electrons. The highest BCUT2D eigenvalue weighted by molar-refractivity contribution is 5.82. The van der Waals surface area contributed by atoms with Crippen molar-refractivity contribution in [2.75, 3.05) is 0 Å². The van der Waals surface area contributed by atoms with E-state index in [2.05, 4.69) is 0 Å². The van der Waals surface area contributed by atoms with E-state index >= 15 is 0 Å². The van der Waals surface area contributed by atoms with Gasteiger partial charge in [0.1, 0.15) is 5.41 Å². The highest BCUT2D eigenvalue weighted by Gasteiger charge is 2.23. The molecule has 1 amide bonds. The average molecular weight is 112 g/mol. The zero-order chi connectivity index (χ0) is 6.78. The number of carbonyl (C=O) groups is 1. The van der Waals surface area contributed by atoms with Crippen LogP contribution in [0, 0.1) is 16.7 Å². The van der Waals surface area contributed by atoms with Crippen molar-refractivity contribution in [1.82, 2.24) is 0 Å². The Hall–Kier alpha value is -1.04. The topological polar surface area (TPSA) is 66.9 Å². The SMILES string of the molecule is CC(C)(C#N)C(N)=O. The van der Waals surface area contributed by atoms with Crippen molar-refractivity contribution in [1.29, 1.82) is 5.26 Å². The van der Waals surface area contributed by atoms with Crippen molar-refractivity contribution >= 4 is 5.91 Å². The number of hydrogen-bond acceptors (Lipinski definition) is 2. The first-order valence-electron chi connectivity index (χ1n) is 2.22. The molecule has 0 saturated heterocycles. The fourth-order valence-corrected chi connectivity index (χ4v) is 0.0551. The molecule has 0 bridgehead atoms. The summed E-state index contributed by atoms with van der Waals surface area (Å²) in [7, 11) is 0. The number of nitriles is 1. The summed E-state index contributed by atoms with van der Waals surface area (Å²) >= 11 is 0. The van der Waals surface area contributed by atoms with Gasteiger partial charge in [-0.15, -0.1) is 0 Å². The van der Waals surface area contributed by atoms with Gasteiger partial charge in [0.25, 0.3) is 0 Å². The third-order valence-electron chi connectivity index (χ3n) is 0.896. The van der Waals surface area contributed by atoms with Gasteiger partial charge in [-0.3, -0.25) is 4.79 Å². The lowest BCUT2D eigenvalue weighted by Crippen LogP contribution is -2.29. The van der Waals surface area contributed by atoms with E-state index < -0.39 is 11.3 Å². The summed E-state index contributed by atoms with van der Waals surface area (Å²) in [5.41, 5.74) is 3.81. The van der Waals surface area contributed by atoms with Crippen LogP contribution in [0.15, 0.2) is 0 Å². The van der Waals surface area contributed by atoms with Gasteiger partial charge in [-0.05, 0) is 13.8 Å². The highest BCUT2D eigenvalue weighted by Crippen LogP contribution is 2.09. The first-order valence-corrected chi connectivity index (χ1v) is 2.22. The number of carbonyl (C=O) groups excluding carboxylic acids is 1. The molecule has 3 heteroatoms. The molecule has 0 aromatic rings. The fourth-order valence-electron chi connectivity index (χ4n) is 0.0551. The maximum absolute atomic E-state index is 10.3. The zero-order valence-electron chi connectivity index (χ0n) is 4.93. The number of hydrogen-bond donors (Lipinski definition) is 1. The first-order chi connectivity index (χ1) is 3.50. The lowest BCUT2D eigenvalue weighted by atomic mass is 9.96. The maximum atomic E-state index is 10.3. The molecule has 0 aliphatic rings. The molecule has 0 rings (SSSR count). The second-order valence-corrected chi connectivity index (χ2v) is 2.10. The van der Waals surface area contributed by atoms with Gasteiger partial charge in [0, 0.05) is 0 Å². The van der Waals surface area contributed by atoms with E-state index in [9.17, 15) is 4.79 Å². The van der Waals surface area contributed by atoms with Crippen LogP contribution in [0.1, 0.15) is 13.8 Å². The van der Waals surface area contributed by atoms with Crippen LogP contribution >= 0.6 is 0 Å².